The third-order valence-corrected chi connectivity index (χ3v) is 11.4. The SMILES string of the molecule is CC1(C)[C@@H](O)C[C@@H]2[C@]1(O)[C@H](O)C[C@]13C[C@@](C)(O)[C@H](CCC1[C@@]2(C)O)[C@H]3O[C@H]1O[C@@H](CO)[C@H](O)[C@@H](O)[C@@H]1O. The van der Waals surface area contributed by atoms with Crippen molar-refractivity contribution in [3.05, 3.63) is 0 Å². The summed E-state index contributed by atoms with van der Waals surface area (Å²) in [5.41, 5.74) is -6.81. The fraction of sp³-hybridized carbons (Fsp3) is 1.00. The van der Waals surface area contributed by atoms with Crippen LogP contribution in [0, 0.1) is 28.6 Å². The smallest absolute Gasteiger partial charge is 0.187 e. The Morgan fingerprint density at radius 2 is 1.49 bits per heavy atom. The van der Waals surface area contributed by atoms with Gasteiger partial charge in [0.2, 0.25) is 0 Å². The zero-order valence-electron chi connectivity index (χ0n) is 21.9. The maximum absolute atomic E-state index is 12.2. The Morgan fingerprint density at radius 1 is 0.838 bits per heavy atom. The second-order valence-electron chi connectivity index (χ2n) is 13.6. The Kier molecular flexibility index (Phi) is 6.48. The average Bonchev–Trinajstić information content (AvgIpc) is 3.04. The molecule has 11 nitrogen and oxygen atoms in total. The van der Waals surface area contributed by atoms with Crippen molar-refractivity contribution in [1.82, 2.24) is 0 Å². The Bertz CT molecular complexity index is 892. The number of aliphatic hydroxyl groups is 9. The molecule has 0 radical (unpaired) electrons. The zero-order chi connectivity index (χ0) is 27.5. The molecular weight excluding hydrogens is 488 g/mol. The van der Waals surface area contributed by atoms with Gasteiger partial charge >= 0.3 is 0 Å². The van der Waals surface area contributed by atoms with Crippen molar-refractivity contribution in [2.45, 2.75) is 126 Å². The molecule has 0 amide bonds. The Labute approximate surface area is 216 Å². The van der Waals surface area contributed by atoms with Gasteiger partial charge in [-0.1, -0.05) is 13.8 Å². The molecule has 5 rings (SSSR count). The first-order chi connectivity index (χ1) is 17.0. The summed E-state index contributed by atoms with van der Waals surface area (Å²) < 4.78 is 12.0. The first kappa shape index (κ1) is 28.1. The lowest BCUT2D eigenvalue weighted by Crippen LogP contribution is -2.62. The zero-order valence-corrected chi connectivity index (χ0v) is 21.9. The molecule has 0 aromatic carbocycles. The lowest BCUT2D eigenvalue weighted by Gasteiger charge is -2.53. The van der Waals surface area contributed by atoms with Crippen LogP contribution in [0.15, 0.2) is 0 Å². The van der Waals surface area contributed by atoms with E-state index in [0.717, 1.165) is 0 Å². The molecular formula is C26H44O11. The summed E-state index contributed by atoms with van der Waals surface area (Å²) in [5, 5.41) is 99.1. The van der Waals surface area contributed by atoms with Crippen LogP contribution in [0.3, 0.4) is 0 Å². The van der Waals surface area contributed by atoms with Gasteiger partial charge in [0.05, 0.1) is 36.1 Å². The highest BCUT2D eigenvalue weighted by molar-refractivity contribution is 5.26. The second kappa shape index (κ2) is 8.53. The van der Waals surface area contributed by atoms with Crippen molar-refractivity contribution in [1.29, 1.82) is 0 Å². The fourth-order valence-corrected chi connectivity index (χ4v) is 9.32. The maximum atomic E-state index is 12.2. The molecule has 1 unspecified atom stereocenters. The molecule has 15 atom stereocenters. The summed E-state index contributed by atoms with van der Waals surface area (Å²) >= 11 is 0. The monoisotopic (exact) mass is 532 g/mol. The van der Waals surface area contributed by atoms with E-state index in [-0.39, 0.29) is 19.3 Å². The first-order valence-electron chi connectivity index (χ1n) is 13.5. The number of rotatable bonds is 3. The van der Waals surface area contributed by atoms with Gasteiger partial charge in [-0.15, -0.1) is 0 Å². The largest absolute Gasteiger partial charge is 0.394 e. The summed E-state index contributed by atoms with van der Waals surface area (Å²) in [4.78, 5) is 0. The molecule has 1 saturated heterocycles. The molecule has 1 spiro atoms. The van der Waals surface area contributed by atoms with Crippen LogP contribution in [0.2, 0.25) is 0 Å². The van der Waals surface area contributed by atoms with Gasteiger partial charge in [-0.25, -0.2) is 0 Å². The van der Waals surface area contributed by atoms with Crippen LogP contribution >= 0.6 is 0 Å². The first-order valence-corrected chi connectivity index (χ1v) is 13.5. The summed E-state index contributed by atoms with van der Waals surface area (Å²) in [5.74, 6) is -1.86. The van der Waals surface area contributed by atoms with Crippen LogP contribution in [-0.4, -0.2) is 118 Å². The van der Waals surface area contributed by atoms with Crippen molar-refractivity contribution in [3.63, 3.8) is 0 Å². The Morgan fingerprint density at radius 3 is 2.11 bits per heavy atom. The average molecular weight is 533 g/mol. The molecule has 4 aliphatic carbocycles. The minimum atomic E-state index is -1.82. The van der Waals surface area contributed by atoms with Gasteiger partial charge in [0, 0.05) is 22.7 Å². The fourth-order valence-electron chi connectivity index (χ4n) is 9.32. The summed E-state index contributed by atoms with van der Waals surface area (Å²) in [6.45, 7) is 6.04. The highest BCUT2D eigenvalue weighted by atomic mass is 16.7. The molecule has 0 aromatic heterocycles. The van der Waals surface area contributed by atoms with Crippen molar-refractivity contribution in [2.24, 2.45) is 28.6 Å². The van der Waals surface area contributed by atoms with E-state index in [9.17, 15) is 46.0 Å². The van der Waals surface area contributed by atoms with Gasteiger partial charge < -0.3 is 55.4 Å². The summed E-state index contributed by atoms with van der Waals surface area (Å²) in [7, 11) is 0. The predicted molar refractivity (Wildman–Crippen MR) is 127 cm³/mol. The Hall–Kier alpha value is -0.440. The van der Waals surface area contributed by atoms with Crippen LogP contribution in [0.25, 0.3) is 0 Å². The third-order valence-electron chi connectivity index (χ3n) is 11.4. The second-order valence-corrected chi connectivity index (χ2v) is 13.6. The molecule has 5 fully saturated rings. The quantitative estimate of drug-likeness (QED) is 0.194. The lowest BCUT2D eigenvalue weighted by atomic mass is 9.57. The minimum Gasteiger partial charge on any atom is -0.394 e. The van der Waals surface area contributed by atoms with Crippen molar-refractivity contribution in [2.75, 3.05) is 6.61 Å². The van der Waals surface area contributed by atoms with E-state index in [1.807, 2.05) is 0 Å². The van der Waals surface area contributed by atoms with Crippen LogP contribution < -0.4 is 0 Å². The predicted octanol–water partition coefficient (Wildman–Crippen LogP) is -2.01. The lowest BCUT2D eigenvalue weighted by molar-refractivity contribution is -0.330. The topological polar surface area (TPSA) is 201 Å². The number of fused-ring (bicyclic) bond motifs is 2. The van der Waals surface area contributed by atoms with Crippen molar-refractivity contribution >= 4 is 0 Å². The van der Waals surface area contributed by atoms with Gasteiger partial charge in [-0.3, -0.25) is 0 Å². The third kappa shape index (κ3) is 3.53. The summed E-state index contributed by atoms with van der Waals surface area (Å²) in [6, 6.07) is 0. The molecule has 1 heterocycles. The minimum absolute atomic E-state index is 0.0360. The molecule has 2 bridgehead atoms. The van der Waals surface area contributed by atoms with E-state index in [0.29, 0.717) is 12.8 Å². The van der Waals surface area contributed by atoms with E-state index in [1.54, 1.807) is 27.7 Å². The van der Waals surface area contributed by atoms with Crippen LogP contribution in [0.4, 0.5) is 0 Å². The molecule has 9 N–H and O–H groups in total. The molecule has 214 valence electrons. The standard InChI is InChI=1S/C26H44O11/c1-22(2)15(28)7-14-24(4,34)13-6-5-11-20(37-21-19(32)18(31)17(30)12(9-27)36-21)25(13,10-23(11,3)33)8-16(29)26(14,22)35/h11-21,27-35H,5-10H2,1-4H3/t11-,12+,13?,14+,15+,16-,17+,18-,19+,20-,21-,23-,24-,25+,26+/m1/s1. The van der Waals surface area contributed by atoms with E-state index in [1.165, 1.54) is 0 Å². The molecule has 1 aliphatic heterocycles. The summed E-state index contributed by atoms with van der Waals surface area (Å²) in [6.07, 6.45) is -9.48. The number of hydrogen-bond donors (Lipinski definition) is 9. The van der Waals surface area contributed by atoms with E-state index in [2.05, 4.69) is 0 Å². The van der Waals surface area contributed by atoms with Gasteiger partial charge in [0.1, 0.15) is 30.0 Å². The van der Waals surface area contributed by atoms with E-state index in [4.69, 9.17) is 9.47 Å². The highest BCUT2D eigenvalue weighted by Gasteiger charge is 2.77. The van der Waals surface area contributed by atoms with E-state index >= 15 is 0 Å². The normalized spacial score (nSPS) is 61.1. The molecule has 37 heavy (non-hydrogen) atoms. The van der Waals surface area contributed by atoms with Gasteiger partial charge in [-0.05, 0) is 51.9 Å². The van der Waals surface area contributed by atoms with Crippen molar-refractivity contribution in [3.8, 4) is 0 Å². The number of aliphatic hydroxyl groups excluding tert-OH is 6. The molecule has 11 heteroatoms. The van der Waals surface area contributed by atoms with Gasteiger partial charge in [0.25, 0.3) is 0 Å². The van der Waals surface area contributed by atoms with Crippen LogP contribution in [0.1, 0.15) is 59.8 Å². The highest BCUT2D eigenvalue weighted by Crippen LogP contribution is 2.70. The maximum Gasteiger partial charge on any atom is 0.187 e. The van der Waals surface area contributed by atoms with Gasteiger partial charge in [-0.2, -0.15) is 0 Å². The molecule has 0 aromatic rings. The number of hydrogen-bond acceptors (Lipinski definition) is 11. The molecule has 5 aliphatic rings. The van der Waals surface area contributed by atoms with Crippen LogP contribution in [0.5, 0.6) is 0 Å². The Balaban J connectivity index is 1.58. The number of ether oxygens (including phenoxy) is 2. The van der Waals surface area contributed by atoms with E-state index < -0.39 is 101 Å². The molecule has 4 saturated carbocycles. The van der Waals surface area contributed by atoms with Gasteiger partial charge in [0.15, 0.2) is 6.29 Å². The van der Waals surface area contributed by atoms with Crippen molar-refractivity contribution < 1.29 is 55.4 Å². The van der Waals surface area contributed by atoms with Crippen LogP contribution in [-0.2, 0) is 9.47 Å².